The molecule has 1 aromatic heterocycles. The van der Waals surface area contributed by atoms with Gasteiger partial charge < -0.3 is 9.80 Å². The minimum absolute atomic E-state index is 0.361. The van der Waals surface area contributed by atoms with Crippen LogP contribution < -0.4 is 4.90 Å². The maximum Gasteiger partial charge on any atom is 0.243 e. The molecule has 2 aromatic carbocycles. The lowest BCUT2D eigenvalue weighted by Crippen LogP contribution is -2.46. The van der Waals surface area contributed by atoms with Crippen LogP contribution in [0.15, 0.2) is 59.5 Å². The number of hydrogen-bond acceptors (Lipinski definition) is 5. The van der Waals surface area contributed by atoms with Crippen LogP contribution in [0, 0.1) is 0 Å². The molecule has 0 unspecified atom stereocenters. The molecule has 168 valence electrons. The predicted molar refractivity (Wildman–Crippen MR) is 129 cm³/mol. The van der Waals surface area contributed by atoms with E-state index in [4.69, 9.17) is 4.98 Å². The molecule has 2 aliphatic heterocycles. The number of piperazine rings is 1. The first-order valence-electron chi connectivity index (χ1n) is 11.5. The van der Waals surface area contributed by atoms with Crippen molar-refractivity contribution >= 4 is 26.6 Å². The molecule has 0 aliphatic carbocycles. The number of rotatable bonds is 5. The number of fused-ring (bicyclic) bond motifs is 1. The summed E-state index contributed by atoms with van der Waals surface area (Å²) < 4.78 is 27.3. The molecular weight excluding hydrogens is 420 g/mol. The van der Waals surface area contributed by atoms with Crippen molar-refractivity contribution in [2.24, 2.45) is 0 Å². The molecule has 7 heteroatoms. The van der Waals surface area contributed by atoms with Crippen molar-refractivity contribution in [3.05, 3.63) is 54.6 Å². The van der Waals surface area contributed by atoms with Gasteiger partial charge in [0.2, 0.25) is 10.0 Å². The Morgan fingerprint density at radius 2 is 1.56 bits per heavy atom. The van der Waals surface area contributed by atoms with Gasteiger partial charge in [0.15, 0.2) is 0 Å². The summed E-state index contributed by atoms with van der Waals surface area (Å²) in [6.07, 6.45) is 1.88. The van der Waals surface area contributed by atoms with Gasteiger partial charge in [0.1, 0.15) is 5.82 Å². The fourth-order valence-electron chi connectivity index (χ4n) is 4.72. The third-order valence-electron chi connectivity index (χ3n) is 6.69. The van der Waals surface area contributed by atoms with Crippen LogP contribution in [0.3, 0.4) is 0 Å². The van der Waals surface area contributed by atoms with Gasteiger partial charge in [0.05, 0.1) is 10.6 Å². The lowest BCUT2D eigenvalue weighted by atomic mass is 10.1. The van der Waals surface area contributed by atoms with E-state index in [0.29, 0.717) is 18.0 Å². The molecule has 0 spiro atoms. The Morgan fingerprint density at radius 3 is 2.25 bits per heavy atom. The van der Waals surface area contributed by atoms with E-state index in [2.05, 4.69) is 47.1 Å². The monoisotopic (exact) mass is 450 g/mol. The Kier molecular flexibility index (Phi) is 5.88. The van der Waals surface area contributed by atoms with Crippen LogP contribution >= 0.6 is 0 Å². The van der Waals surface area contributed by atoms with E-state index in [9.17, 15) is 8.42 Å². The van der Waals surface area contributed by atoms with Crippen molar-refractivity contribution in [1.82, 2.24) is 14.2 Å². The molecule has 0 atom stereocenters. The van der Waals surface area contributed by atoms with Gasteiger partial charge in [-0.2, -0.15) is 4.31 Å². The number of aromatic nitrogens is 1. The van der Waals surface area contributed by atoms with E-state index in [-0.39, 0.29) is 0 Å². The van der Waals surface area contributed by atoms with Crippen LogP contribution in [-0.4, -0.2) is 68.4 Å². The second-order valence-corrected chi connectivity index (χ2v) is 10.5. The fraction of sp³-hybridized carbons (Fsp3) is 0.400. The molecule has 3 heterocycles. The van der Waals surface area contributed by atoms with Gasteiger partial charge >= 0.3 is 0 Å². The van der Waals surface area contributed by atoms with E-state index in [1.807, 2.05) is 12.1 Å². The van der Waals surface area contributed by atoms with Gasteiger partial charge in [-0.1, -0.05) is 43.3 Å². The van der Waals surface area contributed by atoms with Crippen molar-refractivity contribution in [1.29, 1.82) is 0 Å². The largest absolute Gasteiger partial charge is 0.354 e. The summed E-state index contributed by atoms with van der Waals surface area (Å²) in [7, 11) is -3.41. The van der Waals surface area contributed by atoms with Gasteiger partial charge in [-0.3, -0.25) is 0 Å². The van der Waals surface area contributed by atoms with Crippen LogP contribution in [0.2, 0.25) is 0 Å². The van der Waals surface area contributed by atoms with Gasteiger partial charge in [-0.15, -0.1) is 0 Å². The Morgan fingerprint density at radius 1 is 0.875 bits per heavy atom. The first kappa shape index (κ1) is 21.4. The van der Waals surface area contributed by atoms with Crippen molar-refractivity contribution in [3.63, 3.8) is 0 Å². The third kappa shape index (κ3) is 4.00. The highest BCUT2D eigenvalue weighted by atomic mass is 32.2. The summed E-state index contributed by atoms with van der Waals surface area (Å²) in [5, 5.41) is 2.31. The zero-order chi connectivity index (χ0) is 22.1. The molecule has 32 heavy (non-hydrogen) atoms. The molecule has 6 nitrogen and oxygen atoms in total. The van der Waals surface area contributed by atoms with Crippen LogP contribution in [0.25, 0.3) is 22.0 Å². The Hall–Kier alpha value is -2.48. The van der Waals surface area contributed by atoms with E-state index >= 15 is 0 Å². The van der Waals surface area contributed by atoms with E-state index in [1.165, 1.54) is 0 Å². The quantitative estimate of drug-likeness (QED) is 0.591. The summed E-state index contributed by atoms with van der Waals surface area (Å²) in [5.74, 6) is 1.02. The summed E-state index contributed by atoms with van der Waals surface area (Å²) in [4.78, 5) is 10.3. The standard InChI is InChI=1S/C25H30N4O2S/c1-2-27-15-17-28(18-16-27)25-23-8-4-3-7-21(23)19-24(26-25)20-9-11-22(12-10-20)32(30,31)29-13-5-6-14-29/h3-4,7-12,19H,2,5-6,13-18H2,1H3. The van der Waals surface area contributed by atoms with Crippen LogP contribution in [0.1, 0.15) is 19.8 Å². The van der Waals surface area contributed by atoms with Crippen LogP contribution in [0.4, 0.5) is 5.82 Å². The highest BCUT2D eigenvalue weighted by molar-refractivity contribution is 7.89. The zero-order valence-corrected chi connectivity index (χ0v) is 19.4. The summed E-state index contributed by atoms with van der Waals surface area (Å²) >= 11 is 0. The lowest BCUT2D eigenvalue weighted by Gasteiger charge is -2.35. The average Bonchev–Trinajstić information content (AvgIpc) is 3.40. The van der Waals surface area contributed by atoms with Gasteiger partial charge in [0.25, 0.3) is 0 Å². The maximum atomic E-state index is 12.9. The highest BCUT2D eigenvalue weighted by Crippen LogP contribution is 2.31. The molecule has 2 fully saturated rings. The number of hydrogen-bond donors (Lipinski definition) is 0. The molecule has 0 amide bonds. The number of anilines is 1. The number of sulfonamides is 1. The number of benzene rings is 2. The number of likely N-dealkylation sites (N-methyl/N-ethyl adjacent to an activating group) is 1. The molecular formula is C25H30N4O2S. The number of pyridine rings is 1. The molecule has 5 rings (SSSR count). The molecule has 2 saturated heterocycles. The minimum atomic E-state index is -3.41. The van der Waals surface area contributed by atoms with Crippen LogP contribution in [0.5, 0.6) is 0 Å². The smallest absolute Gasteiger partial charge is 0.243 e. The van der Waals surface area contributed by atoms with Crippen molar-refractivity contribution in [3.8, 4) is 11.3 Å². The predicted octanol–water partition coefficient (Wildman–Crippen LogP) is 3.83. The zero-order valence-electron chi connectivity index (χ0n) is 18.6. The third-order valence-corrected chi connectivity index (χ3v) is 8.61. The minimum Gasteiger partial charge on any atom is -0.354 e. The Bertz CT molecular complexity index is 1200. The highest BCUT2D eigenvalue weighted by Gasteiger charge is 2.27. The maximum absolute atomic E-state index is 12.9. The molecule has 0 radical (unpaired) electrons. The van der Waals surface area contributed by atoms with Crippen molar-refractivity contribution < 1.29 is 8.42 Å². The van der Waals surface area contributed by atoms with E-state index in [0.717, 1.165) is 73.4 Å². The summed E-state index contributed by atoms with van der Waals surface area (Å²) in [5.41, 5.74) is 1.81. The first-order chi connectivity index (χ1) is 15.6. The normalized spacial score (nSPS) is 18.5. The first-order valence-corrected chi connectivity index (χ1v) is 13.0. The Labute approximate surface area is 190 Å². The molecule has 3 aromatic rings. The lowest BCUT2D eigenvalue weighted by molar-refractivity contribution is 0.271. The second-order valence-electron chi connectivity index (χ2n) is 8.61. The fourth-order valence-corrected chi connectivity index (χ4v) is 6.24. The molecule has 2 aliphatic rings. The summed E-state index contributed by atoms with van der Waals surface area (Å²) in [6, 6.07) is 17.7. The Balaban J connectivity index is 1.49. The molecule has 0 bridgehead atoms. The average molecular weight is 451 g/mol. The summed E-state index contributed by atoms with van der Waals surface area (Å²) in [6.45, 7) is 8.52. The molecule has 0 saturated carbocycles. The topological polar surface area (TPSA) is 56.8 Å². The van der Waals surface area contributed by atoms with E-state index in [1.54, 1.807) is 16.4 Å². The van der Waals surface area contributed by atoms with Crippen molar-refractivity contribution in [2.45, 2.75) is 24.7 Å². The van der Waals surface area contributed by atoms with E-state index < -0.39 is 10.0 Å². The van der Waals surface area contributed by atoms with Gasteiger partial charge in [-0.05, 0) is 43.0 Å². The van der Waals surface area contributed by atoms with Crippen LogP contribution in [-0.2, 0) is 10.0 Å². The van der Waals surface area contributed by atoms with Gasteiger partial charge in [-0.25, -0.2) is 13.4 Å². The van der Waals surface area contributed by atoms with Crippen molar-refractivity contribution in [2.75, 3.05) is 50.7 Å². The van der Waals surface area contributed by atoms with Gasteiger partial charge in [0, 0.05) is 50.2 Å². The SMILES string of the molecule is CCN1CCN(c2nc(-c3ccc(S(=O)(=O)N4CCCC4)cc3)cc3ccccc23)CC1. The molecule has 0 N–H and O–H groups in total. The number of nitrogens with zero attached hydrogens (tertiary/aromatic N) is 4. The second kappa shape index (κ2) is 8.81.